The van der Waals surface area contributed by atoms with Crippen LogP contribution in [0.15, 0.2) is 42.0 Å². The maximum atomic E-state index is 6.64. The fourth-order valence-corrected chi connectivity index (χ4v) is 9.56. The summed E-state index contributed by atoms with van der Waals surface area (Å²) >= 11 is -2.44. The van der Waals surface area contributed by atoms with Gasteiger partial charge in [0.15, 0.2) is 0 Å². The molecular formula is C23H27Cl2Zr. The Kier molecular flexibility index (Phi) is 7.23. The van der Waals surface area contributed by atoms with Crippen LogP contribution in [-0.4, -0.2) is 0 Å². The van der Waals surface area contributed by atoms with E-state index >= 15 is 0 Å². The van der Waals surface area contributed by atoms with Gasteiger partial charge in [-0.2, -0.15) is 0 Å². The van der Waals surface area contributed by atoms with Gasteiger partial charge < -0.3 is 0 Å². The molecule has 0 amide bonds. The van der Waals surface area contributed by atoms with Gasteiger partial charge in [-0.1, -0.05) is 0 Å². The fourth-order valence-electron chi connectivity index (χ4n) is 4.06. The van der Waals surface area contributed by atoms with Gasteiger partial charge in [0.1, 0.15) is 0 Å². The second kappa shape index (κ2) is 9.22. The van der Waals surface area contributed by atoms with E-state index in [9.17, 15) is 0 Å². The fraction of sp³-hybridized carbons (Fsp3) is 0.391. The monoisotopic (exact) mass is 463 g/mol. The Morgan fingerprint density at radius 3 is 2.38 bits per heavy atom. The van der Waals surface area contributed by atoms with E-state index in [0.717, 1.165) is 19.3 Å². The second-order valence-electron chi connectivity index (χ2n) is 7.21. The minimum atomic E-state index is -2.44. The number of unbranched alkanes of at least 4 members (excludes halogenated alkanes) is 1. The number of aryl methyl sites for hydroxylation is 2. The van der Waals surface area contributed by atoms with Crippen molar-refractivity contribution in [2.45, 2.75) is 56.5 Å². The first-order valence-corrected chi connectivity index (χ1v) is 17.4. The van der Waals surface area contributed by atoms with E-state index < -0.39 is 19.4 Å². The molecule has 0 fully saturated rings. The second-order valence-corrected chi connectivity index (χ2v) is 16.0. The SMILES string of the molecule is CCCCC1=Cc2c(ccc(CCC)c2-c2ccccc2C)[CH]1[Zr]([Cl])[Cl]. The predicted molar refractivity (Wildman–Crippen MR) is 113 cm³/mol. The number of halogens is 2. The summed E-state index contributed by atoms with van der Waals surface area (Å²) in [5.74, 6) is 0. The first kappa shape index (κ1) is 20.4. The van der Waals surface area contributed by atoms with E-state index in [1.165, 1.54) is 51.8 Å². The van der Waals surface area contributed by atoms with Crippen LogP contribution >= 0.6 is 17.0 Å². The van der Waals surface area contributed by atoms with Crippen molar-refractivity contribution in [3.05, 3.63) is 64.2 Å². The number of rotatable bonds is 7. The van der Waals surface area contributed by atoms with Crippen LogP contribution in [0.25, 0.3) is 17.2 Å². The Morgan fingerprint density at radius 2 is 1.73 bits per heavy atom. The van der Waals surface area contributed by atoms with E-state index in [0.29, 0.717) is 3.63 Å². The van der Waals surface area contributed by atoms with E-state index in [-0.39, 0.29) is 0 Å². The number of allylic oxidation sites excluding steroid dienone is 1. The van der Waals surface area contributed by atoms with Gasteiger partial charge in [-0.05, 0) is 0 Å². The summed E-state index contributed by atoms with van der Waals surface area (Å²) in [4.78, 5) is 0. The van der Waals surface area contributed by atoms with Crippen LogP contribution in [0.2, 0.25) is 0 Å². The third-order valence-electron chi connectivity index (χ3n) is 5.35. The molecule has 0 heterocycles. The van der Waals surface area contributed by atoms with Gasteiger partial charge in [-0.15, -0.1) is 0 Å². The molecule has 2 aromatic carbocycles. The van der Waals surface area contributed by atoms with Gasteiger partial charge in [-0.3, -0.25) is 0 Å². The molecule has 0 spiro atoms. The summed E-state index contributed by atoms with van der Waals surface area (Å²) in [7, 11) is 13.3. The van der Waals surface area contributed by atoms with Crippen molar-refractivity contribution in [1.82, 2.24) is 0 Å². The molecule has 0 nitrogen and oxygen atoms in total. The van der Waals surface area contributed by atoms with Crippen molar-refractivity contribution in [1.29, 1.82) is 0 Å². The molecule has 0 bridgehead atoms. The normalized spacial score (nSPS) is 15.7. The Balaban J connectivity index is 2.21. The molecule has 0 aromatic heterocycles. The number of benzene rings is 2. The van der Waals surface area contributed by atoms with Gasteiger partial charge in [0.25, 0.3) is 0 Å². The Labute approximate surface area is 173 Å². The molecule has 1 unspecified atom stereocenters. The van der Waals surface area contributed by atoms with Gasteiger partial charge in [0.05, 0.1) is 0 Å². The summed E-state index contributed by atoms with van der Waals surface area (Å²) in [6.07, 6.45) is 8.22. The third kappa shape index (κ3) is 4.06. The third-order valence-corrected chi connectivity index (χ3v) is 10.7. The van der Waals surface area contributed by atoms with Crippen LogP contribution in [0.1, 0.15) is 65.4 Å². The van der Waals surface area contributed by atoms with Crippen LogP contribution in [0.4, 0.5) is 0 Å². The van der Waals surface area contributed by atoms with E-state index in [1.807, 2.05) is 0 Å². The van der Waals surface area contributed by atoms with Crippen molar-refractivity contribution in [2.24, 2.45) is 0 Å². The molecule has 0 saturated heterocycles. The summed E-state index contributed by atoms with van der Waals surface area (Å²) < 4.78 is 0.320. The zero-order valence-electron chi connectivity index (χ0n) is 15.9. The van der Waals surface area contributed by atoms with Gasteiger partial charge in [-0.25, -0.2) is 0 Å². The summed E-state index contributed by atoms with van der Waals surface area (Å²) in [6.45, 7) is 6.71. The van der Waals surface area contributed by atoms with E-state index in [1.54, 1.807) is 0 Å². The molecule has 3 heteroatoms. The quantitative estimate of drug-likeness (QED) is 0.387. The van der Waals surface area contributed by atoms with Crippen LogP contribution in [0, 0.1) is 6.92 Å². The van der Waals surface area contributed by atoms with Crippen molar-refractivity contribution in [2.75, 3.05) is 0 Å². The topological polar surface area (TPSA) is 0 Å². The zero-order valence-corrected chi connectivity index (χ0v) is 19.9. The standard InChI is InChI=1S/C23H27.2ClH.Zr/c1-4-6-11-18-15-20-14-13-19(9-5-2)23(22(20)16-18)21-12-8-7-10-17(21)3;;;/h7-8,10,12-16H,4-6,9,11H2,1-3H3;2*1H;/q;;;+2/p-2. The molecule has 0 saturated carbocycles. The number of hydrogen-bond donors (Lipinski definition) is 0. The number of fused-ring (bicyclic) bond motifs is 1. The first-order valence-electron chi connectivity index (χ1n) is 9.68. The van der Waals surface area contributed by atoms with Crippen molar-refractivity contribution < 1.29 is 19.4 Å². The van der Waals surface area contributed by atoms with E-state index in [2.05, 4.69) is 63.2 Å². The molecular weight excluding hydrogens is 438 g/mol. The minimum absolute atomic E-state index is 0.320. The molecule has 1 aliphatic carbocycles. The van der Waals surface area contributed by atoms with Gasteiger partial charge >= 0.3 is 174 Å². The van der Waals surface area contributed by atoms with Gasteiger partial charge in [0, 0.05) is 0 Å². The molecule has 137 valence electrons. The van der Waals surface area contributed by atoms with Crippen molar-refractivity contribution >= 4 is 23.1 Å². The molecule has 2 aromatic rings. The number of hydrogen-bond acceptors (Lipinski definition) is 0. The summed E-state index contributed by atoms with van der Waals surface area (Å²) in [5.41, 5.74) is 9.80. The van der Waals surface area contributed by atoms with E-state index in [4.69, 9.17) is 17.0 Å². The Hall–Kier alpha value is -0.357. The Bertz CT molecular complexity index is 808. The van der Waals surface area contributed by atoms with Crippen LogP contribution in [-0.2, 0) is 25.8 Å². The molecule has 0 aliphatic heterocycles. The van der Waals surface area contributed by atoms with Crippen LogP contribution in [0.5, 0.6) is 0 Å². The average molecular weight is 466 g/mol. The molecule has 1 atom stereocenters. The molecule has 3 rings (SSSR count). The summed E-state index contributed by atoms with van der Waals surface area (Å²) in [6, 6.07) is 13.4. The molecule has 0 N–H and O–H groups in total. The molecule has 1 aliphatic rings. The van der Waals surface area contributed by atoms with Crippen LogP contribution < -0.4 is 0 Å². The van der Waals surface area contributed by atoms with Crippen molar-refractivity contribution in [3.63, 3.8) is 0 Å². The van der Waals surface area contributed by atoms with Gasteiger partial charge in [0.2, 0.25) is 0 Å². The Morgan fingerprint density at radius 1 is 0.962 bits per heavy atom. The predicted octanol–water partition coefficient (Wildman–Crippen LogP) is 8.17. The first-order chi connectivity index (χ1) is 12.6. The maximum absolute atomic E-state index is 6.64. The van der Waals surface area contributed by atoms with Crippen molar-refractivity contribution in [3.8, 4) is 11.1 Å². The summed E-state index contributed by atoms with van der Waals surface area (Å²) in [5, 5.41) is 0. The zero-order chi connectivity index (χ0) is 18.7. The van der Waals surface area contributed by atoms with Crippen LogP contribution in [0.3, 0.4) is 0 Å². The molecule has 26 heavy (non-hydrogen) atoms. The molecule has 0 radical (unpaired) electrons. The average Bonchev–Trinajstić information content (AvgIpc) is 2.99.